The first kappa shape index (κ1) is 15.0. The Morgan fingerprint density at radius 1 is 1.10 bits per heavy atom. The number of urea groups is 1. The molecule has 0 atom stereocenters. The lowest BCUT2D eigenvalue weighted by molar-refractivity contribution is 0.251. The number of aromatic nitrogens is 1. The van der Waals surface area contributed by atoms with Crippen LogP contribution in [0.1, 0.15) is 31.9 Å². The smallest absolute Gasteiger partial charge is 0.319 e. The Labute approximate surface area is 125 Å². The Bertz CT molecular complexity index is 603. The molecule has 0 aliphatic heterocycles. The van der Waals surface area contributed by atoms with Gasteiger partial charge in [0, 0.05) is 24.6 Å². The number of para-hydroxylation sites is 1. The molecule has 0 aliphatic rings. The van der Waals surface area contributed by atoms with Gasteiger partial charge >= 0.3 is 6.03 Å². The van der Waals surface area contributed by atoms with E-state index in [2.05, 4.69) is 36.4 Å². The third-order valence-corrected chi connectivity index (χ3v) is 3.19. The van der Waals surface area contributed by atoms with Gasteiger partial charge in [-0.1, -0.05) is 39.0 Å². The van der Waals surface area contributed by atoms with Gasteiger partial charge in [0.05, 0.1) is 0 Å². The van der Waals surface area contributed by atoms with E-state index in [0.29, 0.717) is 6.54 Å². The van der Waals surface area contributed by atoms with Gasteiger partial charge in [-0.15, -0.1) is 0 Å². The maximum atomic E-state index is 12.0. The number of pyridine rings is 1. The average Bonchev–Trinajstić information content (AvgIpc) is 2.46. The van der Waals surface area contributed by atoms with Gasteiger partial charge in [0.1, 0.15) is 0 Å². The summed E-state index contributed by atoms with van der Waals surface area (Å²) in [6, 6.07) is 11.4. The molecule has 0 aliphatic carbocycles. The largest absolute Gasteiger partial charge is 0.334 e. The monoisotopic (exact) mass is 283 g/mol. The maximum absolute atomic E-state index is 12.0. The van der Waals surface area contributed by atoms with Crippen LogP contribution in [-0.2, 0) is 12.0 Å². The third kappa shape index (κ3) is 4.31. The van der Waals surface area contributed by atoms with Crippen molar-refractivity contribution in [1.29, 1.82) is 0 Å². The first-order chi connectivity index (χ1) is 9.97. The van der Waals surface area contributed by atoms with Crippen molar-refractivity contribution in [2.45, 2.75) is 32.7 Å². The van der Waals surface area contributed by atoms with Gasteiger partial charge < -0.3 is 10.6 Å². The summed E-state index contributed by atoms with van der Waals surface area (Å²) in [6.07, 6.45) is 3.42. The summed E-state index contributed by atoms with van der Waals surface area (Å²) in [6.45, 7) is 6.86. The Morgan fingerprint density at radius 3 is 2.43 bits per heavy atom. The lowest BCUT2D eigenvalue weighted by atomic mass is 9.86. The van der Waals surface area contributed by atoms with Crippen molar-refractivity contribution in [1.82, 2.24) is 10.3 Å². The van der Waals surface area contributed by atoms with Crippen LogP contribution in [0.3, 0.4) is 0 Å². The second kappa shape index (κ2) is 6.39. The molecule has 4 nitrogen and oxygen atoms in total. The van der Waals surface area contributed by atoms with E-state index >= 15 is 0 Å². The summed E-state index contributed by atoms with van der Waals surface area (Å²) in [5, 5.41) is 5.77. The van der Waals surface area contributed by atoms with Crippen molar-refractivity contribution in [2.24, 2.45) is 0 Å². The van der Waals surface area contributed by atoms with Crippen LogP contribution in [0.15, 0.2) is 48.8 Å². The number of rotatable bonds is 3. The highest BCUT2D eigenvalue weighted by molar-refractivity contribution is 5.90. The highest BCUT2D eigenvalue weighted by atomic mass is 16.2. The summed E-state index contributed by atoms with van der Waals surface area (Å²) < 4.78 is 0. The van der Waals surface area contributed by atoms with E-state index in [1.165, 1.54) is 0 Å². The summed E-state index contributed by atoms with van der Waals surface area (Å²) in [5.74, 6) is 0. The number of hydrogen-bond acceptors (Lipinski definition) is 2. The molecule has 0 saturated heterocycles. The molecule has 2 amide bonds. The number of amides is 2. The zero-order valence-electron chi connectivity index (χ0n) is 12.7. The molecule has 2 N–H and O–H groups in total. The van der Waals surface area contributed by atoms with Crippen LogP contribution >= 0.6 is 0 Å². The van der Waals surface area contributed by atoms with E-state index in [-0.39, 0.29) is 11.4 Å². The van der Waals surface area contributed by atoms with E-state index in [9.17, 15) is 4.79 Å². The molecule has 0 saturated carbocycles. The number of nitrogens with zero attached hydrogens (tertiary/aromatic N) is 1. The van der Waals surface area contributed by atoms with Crippen LogP contribution in [-0.4, -0.2) is 11.0 Å². The fourth-order valence-corrected chi connectivity index (χ4v) is 2.10. The summed E-state index contributed by atoms with van der Waals surface area (Å²) >= 11 is 0. The van der Waals surface area contributed by atoms with Crippen molar-refractivity contribution in [3.05, 3.63) is 59.9 Å². The fraction of sp³-hybridized carbons (Fsp3) is 0.294. The minimum absolute atomic E-state index is 0.0189. The summed E-state index contributed by atoms with van der Waals surface area (Å²) in [7, 11) is 0. The van der Waals surface area contributed by atoms with Crippen LogP contribution in [0.2, 0.25) is 0 Å². The van der Waals surface area contributed by atoms with Gasteiger partial charge in [-0.25, -0.2) is 4.79 Å². The van der Waals surface area contributed by atoms with Gasteiger partial charge in [0.2, 0.25) is 0 Å². The van der Waals surface area contributed by atoms with Gasteiger partial charge in [-0.05, 0) is 34.7 Å². The number of carbonyl (C=O) groups is 1. The fourth-order valence-electron chi connectivity index (χ4n) is 2.10. The van der Waals surface area contributed by atoms with Gasteiger partial charge in [0.15, 0.2) is 0 Å². The van der Waals surface area contributed by atoms with Crippen LogP contribution in [0, 0.1) is 0 Å². The van der Waals surface area contributed by atoms with Crippen LogP contribution in [0.25, 0.3) is 0 Å². The first-order valence-electron chi connectivity index (χ1n) is 7.00. The standard InChI is InChI=1S/C17H21N3O/c1-17(2,3)14-6-4-5-7-15(14)20-16(21)19-12-13-8-10-18-11-9-13/h4-11H,12H2,1-3H3,(H2,19,20,21). The lowest BCUT2D eigenvalue weighted by Gasteiger charge is -2.23. The summed E-state index contributed by atoms with van der Waals surface area (Å²) in [4.78, 5) is 16.0. The molecule has 0 spiro atoms. The number of anilines is 1. The number of hydrogen-bond donors (Lipinski definition) is 2. The third-order valence-electron chi connectivity index (χ3n) is 3.19. The molecule has 0 unspecified atom stereocenters. The molecular formula is C17H21N3O. The maximum Gasteiger partial charge on any atom is 0.319 e. The van der Waals surface area contributed by atoms with E-state index in [0.717, 1.165) is 16.8 Å². The van der Waals surface area contributed by atoms with Crippen LogP contribution < -0.4 is 10.6 Å². The lowest BCUT2D eigenvalue weighted by Crippen LogP contribution is -2.29. The molecule has 0 radical (unpaired) electrons. The number of benzene rings is 1. The molecule has 21 heavy (non-hydrogen) atoms. The SMILES string of the molecule is CC(C)(C)c1ccccc1NC(=O)NCc1ccncc1. The van der Waals surface area contributed by atoms with Gasteiger partial charge in [-0.2, -0.15) is 0 Å². The quantitative estimate of drug-likeness (QED) is 0.902. The zero-order chi connectivity index (χ0) is 15.3. The van der Waals surface area contributed by atoms with Crippen molar-refractivity contribution in [2.75, 3.05) is 5.32 Å². The Hall–Kier alpha value is -2.36. The van der Waals surface area contributed by atoms with Crippen LogP contribution in [0.4, 0.5) is 10.5 Å². The molecule has 2 rings (SSSR count). The van der Waals surface area contributed by atoms with Gasteiger partial charge in [-0.3, -0.25) is 4.98 Å². The molecule has 110 valence electrons. The second-order valence-corrected chi connectivity index (χ2v) is 5.96. The second-order valence-electron chi connectivity index (χ2n) is 5.96. The van der Waals surface area contributed by atoms with Crippen molar-refractivity contribution < 1.29 is 4.79 Å². The molecule has 2 aromatic rings. The minimum atomic E-state index is -0.205. The Morgan fingerprint density at radius 2 is 1.76 bits per heavy atom. The minimum Gasteiger partial charge on any atom is -0.334 e. The molecule has 4 heteroatoms. The molecule has 1 aromatic carbocycles. The van der Waals surface area contributed by atoms with Gasteiger partial charge in [0.25, 0.3) is 0 Å². The predicted octanol–water partition coefficient (Wildman–Crippen LogP) is 3.70. The van der Waals surface area contributed by atoms with Crippen molar-refractivity contribution >= 4 is 11.7 Å². The van der Waals surface area contributed by atoms with Crippen molar-refractivity contribution in [3.63, 3.8) is 0 Å². The highest BCUT2D eigenvalue weighted by Crippen LogP contribution is 2.29. The molecular weight excluding hydrogens is 262 g/mol. The average molecular weight is 283 g/mol. The topological polar surface area (TPSA) is 54.0 Å². The van der Waals surface area contributed by atoms with Crippen molar-refractivity contribution in [3.8, 4) is 0 Å². The molecule has 0 fully saturated rings. The van der Waals surface area contributed by atoms with E-state index < -0.39 is 0 Å². The van der Waals surface area contributed by atoms with Crippen LogP contribution in [0.5, 0.6) is 0 Å². The summed E-state index contributed by atoms with van der Waals surface area (Å²) in [5.41, 5.74) is 2.96. The normalized spacial score (nSPS) is 11.0. The Balaban J connectivity index is 2.00. The predicted molar refractivity (Wildman–Crippen MR) is 85.2 cm³/mol. The Kier molecular flexibility index (Phi) is 4.58. The zero-order valence-corrected chi connectivity index (χ0v) is 12.7. The van der Waals surface area contributed by atoms with E-state index in [1.807, 2.05) is 36.4 Å². The first-order valence-corrected chi connectivity index (χ1v) is 7.00. The highest BCUT2D eigenvalue weighted by Gasteiger charge is 2.18. The van der Waals surface area contributed by atoms with E-state index in [1.54, 1.807) is 12.4 Å². The van der Waals surface area contributed by atoms with E-state index in [4.69, 9.17) is 0 Å². The molecule has 1 aromatic heterocycles. The number of nitrogens with one attached hydrogen (secondary N) is 2. The number of carbonyl (C=O) groups excluding carboxylic acids is 1. The molecule has 1 heterocycles. The molecule has 0 bridgehead atoms.